The molecule has 98 valence electrons. The molecule has 0 amide bonds. The van der Waals surface area contributed by atoms with E-state index in [0.29, 0.717) is 16.1 Å². The van der Waals surface area contributed by atoms with E-state index in [1.54, 1.807) is 12.1 Å². The fourth-order valence-electron chi connectivity index (χ4n) is 1.96. The highest BCUT2D eigenvalue weighted by Gasteiger charge is 2.19. The Balaban J connectivity index is 2.68. The zero-order valence-electron chi connectivity index (χ0n) is 10.3. The fourth-order valence-corrected chi connectivity index (χ4v) is 3.33. The molecule has 0 atom stereocenters. The van der Waals surface area contributed by atoms with Gasteiger partial charge in [-0.3, -0.25) is 0 Å². The Morgan fingerprint density at radius 1 is 1.47 bits per heavy atom. The SMILES string of the molecule is CCCc1c(-c2cccc(F)c2Cl)sc(C#N)c1N. The van der Waals surface area contributed by atoms with Crippen LogP contribution >= 0.6 is 22.9 Å². The van der Waals surface area contributed by atoms with Gasteiger partial charge in [0.15, 0.2) is 0 Å². The van der Waals surface area contributed by atoms with Crippen LogP contribution in [0.15, 0.2) is 18.2 Å². The second-order valence-electron chi connectivity index (χ2n) is 4.12. The summed E-state index contributed by atoms with van der Waals surface area (Å²) < 4.78 is 13.5. The summed E-state index contributed by atoms with van der Waals surface area (Å²) in [5.41, 5.74) is 7.95. The zero-order valence-corrected chi connectivity index (χ0v) is 11.9. The van der Waals surface area contributed by atoms with Gasteiger partial charge in [0.2, 0.25) is 0 Å². The Morgan fingerprint density at radius 2 is 2.21 bits per heavy atom. The van der Waals surface area contributed by atoms with Gasteiger partial charge in [-0.15, -0.1) is 11.3 Å². The number of hydrogen-bond acceptors (Lipinski definition) is 3. The molecule has 0 aliphatic heterocycles. The maximum absolute atomic E-state index is 13.5. The maximum Gasteiger partial charge on any atom is 0.142 e. The third kappa shape index (κ3) is 2.44. The van der Waals surface area contributed by atoms with Gasteiger partial charge in [-0.25, -0.2) is 4.39 Å². The molecular weight excluding hydrogens is 283 g/mol. The van der Waals surface area contributed by atoms with Gasteiger partial charge in [-0.05, 0) is 18.1 Å². The molecule has 0 radical (unpaired) electrons. The highest BCUT2D eigenvalue weighted by Crippen LogP contribution is 2.42. The number of hydrogen-bond donors (Lipinski definition) is 1. The number of halogens is 2. The minimum Gasteiger partial charge on any atom is -0.397 e. The molecule has 0 saturated heterocycles. The Labute approximate surface area is 120 Å². The summed E-state index contributed by atoms with van der Waals surface area (Å²) in [7, 11) is 0. The van der Waals surface area contributed by atoms with Crippen LogP contribution in [-0.4, -0.2) is 0 Å². The minimum atomic E-state index is -0.466. The first-order chi connectivity index (χ1) is 9.10. The van der Waals surface area contributed by atoms with Gasteiger partial charge < -0.3 is 5.73 Å². The molecule has 2 nitrogen and oxygen atoms in total. The summed E-state index contributed by atoms with van der Waals surface area (Å²) in [6.07, 6.45) is 1.64. The number of nitrogens with zero attached hydrogens (tertiary/aromatic N) is 1. The van der Waals surface area contributed by atoms with E-state index in [-0.39, 0.29) is 5.02 Å². The summed E-state index contributed by atoms with van der Waals surface area (Å²) in [6.45, 7) is 2.03. The van der Waals surface area contributed by atoms with Crippen molar-refractivity contribution in [3.8, 4) is 16.5 Å². The largest absolute Gasteiger partial charge is 0.397 e. The Bertz CT molecular complexity index is 658. The molecule has 0 aliphatic carbocycles. The van der Waals surface area contributed by atoms with Crippen LogP contribution in [0.5, 0.6) is 0 Å². The van der Waals surface area contributed by atoms with Crippen molar-refractivity contribution < 1.29 is 4.39 Å². The standard InChI is InChI=1S/C14H12ClFN2S/c1-2-4-9-13(18)11(7-17)19-14(9)8-5-3-6-10(16)12(8)15/h3,5-6H,2,4,18H2,1H3. The van der Waals surface area contributed by atoms with E-state index >= 15 is 0 Å². The molecule has 2 N–H and O–H groups in total. The van der Waals surface area contributed by atoms with E-state index in [1.165, 1.54) is 17.4 Å². The van der Waals surface area contributed by atoms with Crippen LogP contribution in [-0.2, 0) is 6.42 Å². The molecule has 5 heteroatoms. The Kier molecular flexibility index (Phi) is 4.08. The molecule has 1 aromatic heterocycles. The van der Waals surface area contributed by atoms with Crippen LogP contribution in [0.3, 0.4) is 0 Å². The number of thiophene rings is 1. The summed E-state index contributed by atoms with van der Waals surface area (Å²) in [5.74, 6) is -0.466. The van der Waals surface area contributed by atoms with Crippen molar-refractivity contribution in [1.29, 1.82) is 5.26 Å². The van der Waals surface area contributed by atoms with Gasteiger partial charge in [0.05, 0.1) is 10.7 Å². The van der Waals surface area contributed by atoms with Crippen LogP contribution < -0.4 is 5.73 Å². The molecule has 0 spiro atoms. The number of nitrogen functional groups attached to an aromatic ring is 1. The number of anilines is 1. The lowest BCUT2D eigenvalue weighted by molar-refractivity contribution is 0.629. The molecule has 0 bridgehead atoms. The van der Waals surface area contributed by atoms with Crippen molar-refractivity contribution in [2.75, 3.05) is 5.73 Å². The number of nitriles is 1. The van der Waals surface area contributed by atoms with Gasteiger partial charge in [0, 0.05) is 10.4 Å². The average Bonchev–Trinajstić information content (AvgIpc) is 2.71. The van der Waals surface area contributed by atoms with Crippen LogP contribution in [0.1, 0.15) is 23.8 Å². The normalized spacial score (nSPS) is 10.4. The molecule has 1 aromatic carbocycles. The number of rotatable bonds is 3. The summed E-state index contributed by atoms with van der Waals surface area (Å²) in [5, 5.41) is 9.14. The predicted molar refractivity (Wildman–Crippen MR) is 77.8 cm³/mol. The average molecular weight is 295 g/mol. The lowest BCUT2D eigenvalue weighted by Gasteiger charge is -2.06. The van der Waals surface area contributed by atoms with E-state index < -0.39 is 5.82 Å². The zero-order chi connectivity index (χ0) is 14.0. The van der Waals surface area contributed by atoms with Crippen LogP contribution in [0.4, 0.5) is 10.1 Å². The van der Waals surface area contributed by atoms with Crippen molar-refractivity contribution in [3.63, 3.8) is 0 Å². The summed E-state index contributed by atoms with van der Waals surface area (Å²) in [4.78, 5) is 1.25. The third-order valence-corrected chi connectivity index (χ3v) is 4.42. The van der Waals surface area contributed by atoms with Gasteiger partial charge in [-0.1, -0.05) is 37.1 Å². The molecule has 2 rings (SSSR count). The van der Waals surface area contributed by atoms with Crippen molar-refractivity contribution in [2.45, 2.75) is 19.8 Å². The molecule has 0 fully saturated rings. The lowest BCUT2D eigenvalue weighted by Crippen LogP contribution is -1.93. The van der Waals surface area contributed by atoms with Gasteiger partial charge >= 0.3 is 0 Å². The topological polar surface area (TPSA) is 49.8 Å². The van der Waals surface area contributed by atoms with E-state index in [0.717, 1.165) is 23.3 Å². The van der Waals surface area contributed by atoms with Crippen molar-refractivity contribution >= 4 is 28.6 Å². The Hall–Kier alpha value is -1.57. The molecule has 0 unspecified atom stereocenters. The fraction of sp³-hybridized carbons (Fsp3) is 0.214. The van der Waals surface area contributed by atoms with Gasteiger partial charge in [0.25, 0.3) is 0 Å². The van der Waals surface area contributed by atoms with Crippen molar-refractivity contribution in [2.24, 2.45) is 0 Å². The molecule has 19 heavy (non-hydrogen) atoms. The van der Waals surface area contributed by atoms with E-state index in [1.807, 2.05) is 6.92 Å². The highest BCUT2D eigenvalue weighted by atomic mass is 35.5. The molecule has 0 saturated carbocycles. The predicted octanol–water partition coefficient (Wildman–Crippen LogP) is 4.61. The van der Waals surface area contributed by atoms with Crippen LogP contribution in [0.25, 0.3) is 10.4 Å². The maximum atomic E-state index is 13.5. The van der Waals surface area contributed by atoms with Crippen molar-refractivity contribution in [3.05, 3.63) is 39.5 Å². The first-order valence-electron chi connectivity index (χ1n) is 5.85. The number of benzene rings is 1. The molecule has 0 aliphatic rings. The minimum absolute atomic E-state index is 0.0746. The smallest absolute Gasteiger partial charge is 0.142 e. The highest BCUT2D eigenvalue weighted by molar-refractivity contribution is 7.17. The van der Waals surface area contributed by atoms with E-state index in [4.69, 9.17) is 22.6 Å². The lowest BCUT2D eigenvalue weighted by atomic mass is 10.0. The second-order valence-corrected chi connectivity index (χ2v) is 5.51. The molecular formula is C14H12ClFN2S. The van der Waals surface area contributed by atoms with Gasteiger partial charge in [0.1, 0.15) is 16.8 Å². The summed E-state index contributed by atoms with van der Waals surface area (Å²) >= 11 is 7.28. The number of nitrogens with two attached hydrogens (primary N) is 1. The Morgan fingerprint density at radius 3 is 2.84 bits per heavy atom. The van der Waals surface area contributed by atoms with E-state index in [2.05, 4.69) is 6.07 Å². The summed E-state index contributed by atoms with van der Waals surface area (Å²) in [6, 6.07) is 6.74. The van der Waals surface area contributed by atoms with E-state index in [9.17, 15) is 4.39 Å². The van der Waals surface area contributed by atoms with Crippen LogP contribution in [0.2, 0.25) is 5.02 Å². The molecule has 2 aromatic rings. The first kappa shape index (κ1) is 13.9. The van der Waals surface area contributed by atoms with Gasteiger partial charge in [-0.2, -0.15) is 5.26 Å². The second kappa shape index (κ2) is 5.60. The first-order valence-corrected chi connectivity index (χ1v) is 7.05. The quantitative estimate of drug-likeness (QED) is 0.898. The molecule has 1 heterocycles. The third-order valence-electron chi connectivity index (χ3n) is 2.85. The van der Waals surface area contributed by atoms with Crippen molar-refractivity contribution in [1.82, 2.24) is 0 Å². The van der Waals surface area contributed by atoms with Crippen LogP contribution in [0, 0.1) is 17.1 Å². The monoisotopic (exact) mass is 294 g/mol.